The summed E-state index contributed by atoms with van der Waals surface area (Å²) in [6, 6.07) is 6.38. The molecule has 2 nitrogen and oxygen atoms in total. The van der Waals surface area contributed by atoms with E-state index in [-0.39, 0.29) is 11.2 Å². The van der Waals surface area contributed by atoms with Crippen molar-refractivity contribution in [1.82, 2.24) is 4.98 Å². The van der Waals surface area contributed by atoms with E-state index in [2.05, 4.69) is 31.1 Å². The number of anilines is 1. The highest BCUT2D eigenvalue weighted by molar-refractivity contribution is 7.11. The number of hydrogen-bond acceptors (Lipinski definition) is 3. The van der Waals surface area contributed by atoms with Crippen LogP contribution in [-0.2, 0) is 12.0 Å². The summed E-state index contributed by atoms with van der Waals surface area (Å²) in [6.07, 6.45) is 1.90. The minimum absolute atomic E-state index is 0.0960. The molecule has 0 amide bonds. The van der Waals surface area contributed by atoms with E-state index < -0.39 is 0 Å². The Balaban J connectivity index is 1.98. The molecule has 96 valence electrons. The Hall–Kier alpha value is -1.42. The summed E-state index contributed by atoms with van der Waals surface area (Å²) in [6.45, 7) is 7.19. The highest BCUT2D eigenvalue weighted by Crippen LogP contribution is 2.27. The van der Waals surface area contributed by atoms with Crippen molar-refractivity contribution in [3.05, 3.63) is 46.2 Å². The second-order valence-electron chi connectivity index (χ2n) is 5.24. The van der Waals surface area contributed by atoms with Gasteiger partial charge in [-0.25, -0.2) is 9.37 Å². The van der Waals surface area contributed by atoms with Crippen LogP contribution in [0.15, 0.2) is 30.5 Å². The highest BCUT2D eigenvalue weighted by Gasteiger charge is 2.17. The van der Waals surface area contributed by atoms with Crippen molar-refractivity contribution < 1.29 is 4.39 Å². The lowest BCUT2D eigenvalue weighted by Crippen LogP contribution is -2.09. The standard InChI is InChI=1S/C14H17FN2S/c1-14(2,3)13-17-9-12(18-13)8-16-11-6-4-10(15)5-7-11/h4-7,9,16H,8H2,1-3H3. The molecule has 2 rings (SSSR count). The Morgan fingerprint density at radius 2 is 1.89 bits per heavy atom. The maximum absolute atomic E-state index is 12.7. The quantitative estimate of drug-likeness (QED) is 0.899. The first-order valence-electron chi connectivity index (χ1n) is 5.90. The lowest BCUT2D eigenvalue weighted by Gasteiger charge is -2.13. The van der Waals surface area contributed by atoms with Crippen LogP contribution in [0.5, 0.6) is 0 Å². The molecular formula is C14H17FN2S. The molecule has 0 radical (unpaired) electrons. The molecule has 1 heterocycles. The number of nitrogens with zero attached hydrogens (tertiary/aromatic N) is 1. The monoisotopic (exact) mass is 264 g/mol. The minimum atomic E-state index is -0.214. The van der Waals surface area contributed by atoms with Gasteiger partial charge in [-0.05, 0) is 24.3 Å². The van der Waals surface area contributed by atoms with Crippen molar-refractivity contribution in [2.24, 2.45) is 0 Å². The molecular weight excluding hydrogens is 247 g/mol. The average Bonchev–Trinajstić information content (AvgIpc) is 2.77. The van der Waals surface area contributed by atoms with E-state index in [0.717, 1.165) is 17.2 Å². The van der Waals surface area contributed by atoms with Crippen molar-refractivity contribution in [1.29, 1.82) is 0 Å². The van der Waals surface area contributed by atoms with E-state index in [1.165, 1.54) is 17.0 Å². The van der Waals surface area contributed by atoms with Crippen LogP contribution in [0.25, 0.3) is 0 Å². The zero-order valence-electron chi connectivity index (χ0n) is 10.8. The van der Waals surface area contributed by atoms with Gasteiger partial charge in [0.25, 0.3) is 0 Å². The van der Waals surface area contributed by atoms with Gasteiger partial charge in [0.05, 0.1) is 11.6 Å². The third kappa shape index (κ3) is 3.29. The molecule has 0 saturated carbocycles. The van der Waals surface area contributed by atoms with Gasteiger partial charge in [-0.1, -0.05) is 20.8 Å². The molecule has 18 heavy (non-hydrogen) atoms. The van der Waals surface area contributed by atoms with Crippen LogP contribution in [0.2, 0.25) is 0 Å². The summed E-state index contributed by atoms with van der Waals surface area (Å²) in [4.78, 5) is 5.62. The van der Waals surface area contributed by atoms with Crippen LogP contribution in [0.4, 0.5) is 10.1 Å². The first-order valence-corrected chi connectivity index (χ1v) is 6.71. The number of benzene rings is 1. The molecule has 0 atom stereocenters. The lowest BCUT2D eigenvalue weighted by molar-refractivity contribution is 0.585. The predicted octanol–water partition coefficient (Wildman–Crippen LogP) is 4.19. The Bertz CT molecular complexity index is 511. The van der Waals surface area contributed by atoms with Gasteiger partial charge in [0.1, 0.15) is 5.82 Å². The Labute approximate surface area is 111 Å². The Morgan fingerprint density at radius 3 is 2.44 bits per heavy atom. The first-order chi connectivity index (χ1) is 8.45. The number of thiazole rings is 1. The van der Waals surface area contributed by atoms with E-state index in [1.807, 2.05) is 6.20 Å². The minimum Gasteiger partial charge on any atom is -0.380 e. The number of rotatable bonds is 3. The molecule has 0 fully saturated rings. The predicted molar refractivity (Wildman–Crippen MR) is 74.5 cm³/mol. The zero-order chi connectivity index (χ0) is 13.2. The molecule has 0 bridgehead atoms. The van der Waals surface area contributed by atoms with E-state index in [0.29, 0.717) is 0 Å². The molecule has 0 aliphatic carbocycles. The first kappa shape index (κ1) is 13.0. The molecule has 0 spiro atoms. The number of aromatic nitrogens is 1. The van der Waals surface area contributed by atoms with Crippen LogP contribution in [0, 0.1) is 5.82 Å². The molecule has 0 aliphatic rings. The van der Waals surface area contributed by atoms with E-state index in [4.69, 9.17) is 0 Å². The number of nitrogens with one attached hydrogen (secondary N) is 1. The van der Waals surface area contributed by atoms with Crippen molar-refractivity contribution >= 4 is 17.0 Å². The van der Waals surface area contributed by atoms with Crippen LogP contribution >= 0.6 is 11.3 Å². The van der Waals surface area contributed by atoms with Crippen molar-refractivity contribution in [3.8, 4) is 0 Å². The second-order valence-corrected chi connectivity index (χ2v) is 6.36. The maximum Gasteiger partial charge on any atom is 0.123 e. The second kappa shape index (κ2) is 5.06. The van der Waals surface area contributed by atoms with E-state index in [9.17, 15) is 4.39 Å². The number of hydrogen-bond donors (Lipinski definition) is 1. The topological polar surface area (TPSA) is 24.9 Å². The van der Waals surface area contributed by atoms with Crippen LogP contribution in [0.1, 0.15) is 30.7 Å². The van der Waals surface area contributed by atoms with Crippen molar-refractivity contribution in [3.63, 3.8) is 0 Å². The van der Waals surface area contributed by atoms with Gasteiger partial charge in [0.2, 0.25) is 0 Å². The van der Waals surface area contributed by atoms with E-state index >= 15 is 0 Å². The van der Waals surface area contributed by atoms with Crippen LogP contribution < -0.4 is 5.32 Å². The van der Waals surface area contributed by atoms with Gasteiger partial charge in [-0.15, -0.1) is 11.3 Å². The average molecular weight is 264 g/mol. The van der Waals surface area contributed by atoms with E-state index in [1.54, 1.807) is 23.5 Å². The molecule has 4 heteroatoms. The third-order valence-corrected chi connectivity index (χ3v) is 3.93. The highest BCUT2D eigenvalue weighted by atomic mass is 32.1. The molecule has 1 N–H and O–H groups in total. The van der Waals surface area contributed by atoms with Crippen LogP contribution in [-0.4, -0.2) is 4.98 Å². The largest absolute Gasteiger partial charge is 0.380 e. The van der Waals surface area contributed by atoms with Gasteiger partial charge < -0.3 is 5.32 Å². The summed E-state index contributed by atoms with van der Waals surface area (Å²) in [7, 11) is 0. The fraction of sp³-hybridized carbons (Fsp3) is 0.357. The maximum atomic E-state index is 12.7. The molecule has 2 aromatic rings. The molecule has 0 unspecified atom stereocenters. The van der Waals surface area contributed by atoms with Gasteiger partial charge in [0.15, 0.2) is 0 Å². The normalized spacial score (nSPS) is 11.6. The van der Waals surface area contributed by atoms with Crippen LogP contribution in [0.3, 0.4) is 0 Å². The fourth-order valence-electron chi connectivity index (χ4n) is 1.49. The lowest BCUT2D eigenvalue weighted by atomic mass is 9.98. The van der Waals surface area contributed by atoms with Crippen molar-refractivity contribution in [2.45, 2.75) is 32.7 Å². The summed E-state index contributed by atoms with van der Waals surface area (Å²) in [5, 5.41) is 4.39. The van der Waals surface area contributed by atoms with Gasteiger partial charge in [-0.2, -0.15) is 0 Å². The molecule has 0 saturated heterocycles. The summed E-state index contributed by atoms with van der Waals surface area (Å²) in [5.74, 6) is -0.214. The molecule has 1 aromatic heterocycles. The van der Waals surface area contributed by atoms with Gasteiger partial charge in [-0.3, -0.25) is 0 Å². The van der Waals surface area contributed by atoms with Crippen molar-refractivity contribution in [2.75, 3.05) is 5.32 Å². The SMILES string of the molecule is CC(C)(C)c1ncc(CNc2ccc(F)cc2)s1. The number of halogens is 1. The summed E-state index contributed by atoms with van der Waals surface area (Å²) >= 11 is 1.71. The summed E-state index contributed by atoms with van der Waals surface area (Å²) < 4.78 is 12.7. The summed E-state index contributed by atoms with van der Waals surface area (Å²) in [5.41, 5.74) is 1.01. The molecule has 1 aromatic carbocycles. The third-order valence-electron chi connectivity index (χ3n) is 2.51. The Kier molecular flexibility index (Phi) is 3.66. The Morgan fingerprint density at radius 1 is 1.22 bits per heavy atom. The zero-order valence-corrected chi connectivity index (χ0v) is 11.6. The molecule has 0 aliphatic heterocycles. The van der Waals surface area contributed by atoms with Gasteiger partial charge in [0, 0.05) is 22.2 Å². The van der Waals surface area contributed by atoms with Gasteiger partial charge >= 0.3 is 0 Å². The smallest absolute Gasteiger partial charge is 0.123 e. The fourth-order valence-corrected chi connectivity index (χ4v) is 2.40.